The van der Waals surface area contributed by atoms with Crippen LogP contribution in [0.4, 0.5) is 8.78 Å². The lowest BCUT2D eigenvalue weighted by molar-refractivity contribution is 0.101. The summed E-state index contributed by atoms with van der Waals surface area (Å²) in [5, 5.41) is 0. The predicted octanol–water partition coefficient (Wildman–Crippen LogP) is 3.76. The number of halogens is 2. The van der Waals surface area contributed by atoms with Gasteiger partial charge in [-0.1, -0.05) is 6.07 Å². The van der Waals surface area contributed by atoms with Crippen molar-refractivity contribution in [2.75, 3.05) is 7.11 Å². The highest BCUT2D eigenvalue weighted by Gasteiger charge is 2.11. The molecule has 0 saturated heterocycles. The summed E-state index contributed by atoms with van der Waals surface area (Å²) < 4.78 is 36.6. The minimum Gasteiger partial charge on any atom is -0.497 e. The van der Waals surface area contributed by atoms with Crippen LogP contribution >= 0.6 is 0 Å². The average molecular weight is 292 g/mol. The van der Waals surface area contributed by atoms with E-state index in [2.05, 4.69) is 0 Å². The van der Waals surface area contributed by atoms with Crippen LogP contribution in [-0.2, 0) is 6.61 Å². The number of rotatable bonds is 5. The summed E-state index contributed by atoms with van der Waals surface area (Å²) in [6.45, 7) is 1.44. The van der Waals surface area contributed by atoms with E-state index in [9.17, 15) is 13.6 Å². The lowest BCUT2D eigenvalue weighted by Gasteiger charge is -2.11. The number of ketones is 1. The van der Waals surface area contributed by atoms with E-state index >= 15 is 0 Å². The Kier molecular flexibility index (Phi) is 4.52. The average Bonchev–Trinajstić information content (AvgIpc) is 2.48. The van der Waals surface area contributed by atoms with Gasteiger partial charge in [0.05, 0.1) is 12.7 Å². The van der Waals surface area contributed by atoms with Crippen LogP contribution in [0.25, 0.3) is 0 Å². The lowest BCUT2D eigenvalue weighted by atomic mass is 10.1. The maximum absolute atomic E-state index is 13.1. The molecule has 0 amide bonds. The number of hydrogen-bond acceptors (Lipinski definition) is 3. The second-order valence-electron chi connectivity index (χ2n) is 4.46. The molecule has 0 aromatic heterocycles. The van der Waals surface area contributed by atoms with Crippen LogP contribution in [0.2, 0.25) is 0 Å². The molecule has 0 atom stereocenters. The predicted molar refractivity (Wildman–Crippen MR) is 73.7 cm³/mol. The quantitative estimate of drug-likeness (QED) is 0.787. The van der Waals surface area contributed by atoms with Crippen LogP contribution in [0.3, 0.4) is 0 Å². The van der Waals surface area contributed by atoms with Crippen LogP contribution in [0, 0.1) is 11.6 Å². The minimum absolute atomic E-state index is 0.0185. The van der Waals surface area contributed by atoms with Gasteiger partial charge < -0.3 is 9.47 Å². The molecule has 0 aliphatic carbocycles. The molecule has 0 aliphatic rings. The van der Waals surface area contributed by atoms with E-state index < -0.39 is 11.6 Å². The van der Waals surface area contributed by atoms with Gasteiger partial charge in [0.15, 0.2) is 17.4 Å². The Morgan fingerprint density at radius 2 is 1.86 bits per heavy atom. The van der Waals surface area contributed by atoms with Crippen molar-refractivity contribution in [1.82, 2.24) is 0 Å². The Balaban J connectivity index is 2.21. The first-order valence-corrected chi connectivity index (χ1v) is 6.27. The summed E-state index contributed by atoms with van der Waals surface area (Å²) in [6.07, 6.45) is 0. The van der Waals surface area contributed by atoms with Gasteiger partial charge in [-0.05, 0) is 36.8 Å². The smallest absolute Gasteiger partial charge is 0.163 e. The maximum Gasteiger partial charge on any atom is 0.163 e. The summed E-state index contributed by atoms with van der Waals surface area (Å²) in [4.78, 5) is 11.5. The summed E-state index contributed by atoms with van der Waals surface area (Å²) in [5.74, 6) is -1.12. The second kappa shape index (κ2) is 6.35. The van der Waals surface area contributed by atoms with E-state index in [0.717, 1.165) is 12.1 Å². The zero-order valence-corrected chi connectivity index (χ0v) is 11.7. The van der Waals surface area contributed by atoms with E-state index in [1.165, 1.54) is 20.1 Å². The van der Waals surface area contributed by atoms with Crippen LogP contribution in [0.15, 0.2) is 36.4 Å². The Hall–Kier alpha value is -2.43. The molecular weight excluding hydrogens is 278 g/mol. The van der Waals surface area contributed by atoms with Crippen LogP contribution in [0.5, 0.6) is 11.5 Å². The van der Waals surface area contributed by atoms with E-state index in [1.807, 2.05) is 0 Å². The molecular formula is C16H14F2O3. The molecule has 0 aliphatic heterocycles. The second-order valence-corrected chi connectivity index (χ2v) is 4.46. The zero-order chi connectivity index (χ0) is 15.4. The van der Waals surface area contributed by atoms with Gasteiger partial charge in [0.2, 0.25) is 0 Å². The monoisotopic (exact) mass is 292 g/mol. The van der Waals surface area contributed by atoms with E-state index in [0.29, 0.717) is 22.6 Å². The van der Waals surface area contributed by atoms with Gasteiger partial charge in [-0.25, -0.2) is 8.78 Å². The first-order valence-electron chi connectivity index (χ1n) is 6.27. The van der Waals surface area contributed by atoms with Crippen molar-refractivity contribution < 1.29 is 23.0 Å². The Bertz CT molecular complexity index is 669. The third kappa shape index (κ3) is 3.56. The molecule has 0 saturated carbocycles. The molecule has 21 heavy (non-hydrogen) atoms. The fourth-order valence-electron chi connectivity index (χ4n) is 1.83. The van der Waals surface area contributed by atoms with Crippen LogP contribution in [-0.4, -0.2) is 12.9 Å². The van der Waals surface area contributed by atoms with E-state index in [-0.39, 0.29) is 12.4 Å². The molecule has 0 bridgehead atoms. The van der Waals surface area contributed by atoms with Crippen molar-refractivity contribution in [3.05, 3.63) is 59.2 Å². The minimum atomic E-state index is -0.937. The Labute approximate surface area is 121 Å². The Morgan fingerprint density at radius 1 is 1.10 bits per heavy atom. The van der Waals surface area contributed by atoms with E-state index in [1.54, 1.807) is 18.2 Å². The number of hydrogen-bond donors (Lipinski definition) is 0. The standard InChI is InChI=1S/C16H14F2O3/c1-10(19)13-5-4-12(20-2)8-16(13)21-9-11-3-6-14(17)15(18)7-11/h3-8H,9H2,1-2H3. The van der Waals surface area contributed by atoms with Crippen molar-refractivity contribution in [3.8, 4) is 11.5 Å². The fraction of sp³-hybridized carbons (Fsp3) is 0.188. The maximum atomic E-state index is 13.1. The largest absolute Gasteiger partial charge is 0.497 e. The SMILES string of the molecule is COc1ccc(C(C)=O)c(OCc2ccc(F)c(F)c2)c1. The van der Waals surface area contributed by atoms with Crippen molar-refractivity contribution in [2.24, 2.45) is 0 Å². The van der Waals surface area contributed by atoms with Gasteiger partial charge in [-0.2, -0.15) is 0 Å². The summed E-state index contributed by atoms with van der Waals surface area (Å²) in [6, 6.07) is 8.35. The normalized spacial score (nSPS) is 10.3. The number of Topliss-reactive ketones (excluding diaryl/α,β-unsaturated/α-hetero) is 1. The van der Waals surface area contributed by atoms with Crippen LogP contribution < -0.4 is 9.47 Å². The van der Waals surface area contributed by atoms with Crippen molar-refractivity contribution in [2.45, 2.75) is 13.5 Å². The molecule has 2 aromatic rings. The highest BCUT2D eigenvalue weighted by atomic mass is 19.2. The molecule has 0 radical (unpaired) electrons. The number of ether oxygens (including phenoxy) is 2. The summed E-state index contributed by atoms with van der Waals surface area (Å²) >= 11 is 0. The molecule has 0 unspecified atom stereocenters. The molecule has 2 aromatic carbocycles. The van der Waals surface area contributed by atoms with Crippen molar-refractivity contribution in [1.29, 1.82) is 0 Å². The first kappa shape index (κ1) is 15.0. The molecule has 5 heteroatoms. The van der Waals surface area contributed by atoms with Gasteiger partial charge in [0.1, 0.15) is 18.1 Å². The summed E-state index contributed by atoms with van der Waals surface area (Å²) in [7, 11) is 1.50. The van der Waals surface area contributed by atoms with Gasteiger partial charge in [-0.3, -0.25) is 4.79 Å². The van der Waals surface area contributed by atoms with Gasteiger partial charge in [0.25, 0.3) is 0 Å². The zero-order valence-electron chi connectivity index (χ0n) is 11.7. The van der Waals surface area contributed by atoms with Crippen molar-refractivity contribution in [3.63, 3.8) is 0 Å². The van der Waals surface area contributed by atoms with E-state index in [4.69, 9.17) is 9.47 Å². The van der Waals surface area contributed by atoms with Crippen LogP contribution in [0.1, 0.15) is 22.8 Å². The molecule has 0 fully saturated rings. The third-order valence-electron chi connectivity index (χ3n) is 2.95. The van der Waals surface area contributed by atoms with Gasteiger partial charge in [-0.15, -0.1) is 0 Å². The highest BCUT2D eigenvalue weighted by molar-refractivity contribution is 5.97. The Morgan fingerprint density at radius 3 is 2.48 bits per heavy atom. The first-order chi connectivity index (χ1) is 10.0. The molecule has 0 spiro atoms. The molecule has 0 heterocycles. The molecule has 3 nitrogen and oxygen atoms in total. The number of methoxy groups -OCH3 is 1. The molecule has 2 rings (SSSR count). The number of carbonyl (C=O) groups is 1. The number of carbonyl (C=O) groups excluding carboxylic acids is 1. The highest BCUT2D eigenvalue weighted by Crippen LogP contribution is 2.26. The third-order valence-corrected chi connectivity index (χ3v) is 2.95. The molecule has 0 N–H and O–H groups in total. The summed E-state index contributed by atoms with van der Waals surface area (Å²) in [5.41, 5.74) is 0.865. The van der Waals surface area contributed by atoms with Gasteiger partial charge in [0, 0.05) is 6.07 Å². The molecule has 110 valence electrons. The topological polar surface area (TPSA) is 35.5 Å². The fourth-order valence-corrected chi connectivity index (χ4v) is 1.83. The lowest BCUT2D eigenvalue weighted by Crippen LogP contribution is -2.03. The van der Waals surface area contributed by atoms with Gasteiger partial charge >= 0.3 is 0 Å². The van der Waals surface area contributed by atoms with Crippen molar-refractivity contribution >= 4 is 5.78 Å². The number of benzene rings is 2.